The normalized spacial score (nSPS) is 11.9. The van der Waals surface area contributed by atoms with Crippen LogP contribution in [-0.2, 0) is 0 Å². The van der Waals surface area contributed by atoms with E-state index < -0.39 is 6.61 Å². The Labute approximate surface area is 171 Å². The summed E-state index contributed by atoms with van der Waals surface area (Å²) in [6.45, 7) is -2.90. The van der Waals surface area contributed by atoms with Crippen molar-refractivity contribution in [3.05, 3.63) is 46.5 Å². The van der Waals surface area contributed by atoms with Crippen molar-refractivity contribution in [1.29, 1.82) is 0 Å². The monoisotopic (exact) mass is 434 g/mol. The zero-order valence-electron chi connectivity index (χ0n) is 15.8. The van der Waals surface area contributed by atoms with Gasteiger partial charge in [0.25, 0.3) is 5.56 Å². The second-order valence-corrected chi connectivity index (χ2v) is 6.99. The lowest BCUT2D eigenvalue weighted by atomic mass is 10.2. The zero-order valence-corrected chi connectivity index (χ0v) is 16.7. The van der Waals surface area contributed by atoms with Gasteiger partial charge >= 0.3 is 6.61 Å². The number of methoxy groups -OCH3 is 2. The summed E-state index contributed by atoms with van der Waals surface area (Å²) in [6, 6.07) is 7.65. The third-order valence-corrected chi connectivity index (χ3v) is 5.03. The van der Waals surface area contributed by atoms with Crippen molar-refractivity contribution >= 4 is 38.7 Å². The molecule has 0 radical (unpaired) electrons. The second kappa shape index (κ2) is 8.11. The first-order chi connectivity index (χ1) is 14.5. The molecule has 0 saturated carbocycles. The number of nitrogens with zero attached hydrogens (tertiary/aromatic N) is 2. The Bertz CT molecular complexity index is 1320. The van der Waals surface area contributed by atoms with E-state index in [4.69, 9.17) is 9.47 Å². The molecule has 4 rings (SSSR count). The van der Waals surface area contributed by atoms with Crippen molar-refractivity contribution in [3.63, 3.8) is 0 Å². The highest BCUT2D eigenvalue weighted by Gasteiger charge is 2.11. The quantitative estimate of drug-likeness (QED) is 0.318. The van der Waals surface area contributed by atoms with E-state index in [9.17, 15) is 13.6 Å². The van der Waals surface area contributed by atoms with Crippen molar-refractivity contribution in [2.75, 3.05) is 14.2 Å². The molecule has 2 heterocycles. The Morgan fingerprint density at radius 1 is 1.03 bits per heavy atom. The number of thiol groups is 1. The minimum absolute atomic E-state index is 0.0400. The van der Waals surface area contributed by atoms with Gasteiger partial charge in [0.2, 0.25) is 0 Å². The lowest BCUT2D eigenvalue weighted by Crippen LogP contribution is -2.11. The molecule has 0 amide bonds. The predicted octanol–water partition coefficient (Wildman–Crippen LogP) is 3.09. The molecular formula is C19H16F2N4O4S. The summed E-state index contributed by atoms with van der Waals surface area (Å²) in [7, 11) is 2.99. The number of aromatic amines is 2. The molecule has 0 atom stereocenters. The van der Waals surface area contributed by atoms with Gasteiger partial charge in [0, 0.05) is 17.5 Å². The van der Waals surface area contributed by atoms with E-state index in [0.717, 1.165) is 0 Å². The smallest absolute Gasteiger partial charge is 0.387 e. The number of imidazole rings is 1. The molecule has 0 saturated heterocycles. The predicted molar refractivity (Wildman–Crippen MR) is 111 cm³/mol. The number of hydrogen-bond acceptors (Lipinski definition) is 6. The molecule has 2 aromatic heterocycles. The summed E-state index contributed by atoms with van der Waals surface area (Å²) in [5.74, 6) is 1.29. The van der Waals surface area contributed by atoms with Crippen molar-refractivity contribution in [2.45, 2.75) is 11.8 Å². The van der Waals surface area contributed by atoms with Gasteiger partial charge in [-0.2, -0.15) is 8.78 Å². The number of nitrogens with one attached hydrogen (secondary N) is 2. The van der Waals surface area contributed by atoms with Crippen molar-refractivity contribution in [1.82, 2.24) is 19.9 Å². The number of H-pyrrole nitrogens is 2. The van der Waals surface area contributed by atoms with E-state index in [1.807, 2.05) is 0 Å². The molecule has 0 aliphatic carbocycles. The SMILES string of the molecule is COc1cc2nc(C=[SH]c3nc4ccc(OC(F)F)cc4[nH]3)[nH]c(=O)c2cc1OC. The molecule has 11 heteroatoms. The summed E-state index contributed by atoms with van der Waals surface area (Å²) >= 11 is 0.618. The third kappa shape index (κ3) is 3.96. The molecule has 156 valence electrons. The molecule has 2 aromatic carbocycles. The maximum Gasteiger partial charge on any atom is 0.387 e. The first kappa shape index (κ1) is 19.8. The standard InChI is InChI=1S/C19H16F2N4O4S/c1-27-14-6-10-12(7-15(14)28-2)22-16(25-17(10)26)8-30-19-23-11-4-3-9(29-18(20)21)5-13(11)24-19/h3-8,18,30H,1-2H3,(H,23,24)(H,22,25,26). The van der Waals surface area contributed by atoms with Crippen molar-refractivity contribution < 1.29 is 23.0 Å². The first-order valence-electron chi connectivity index (χ1n) is 8.61. The number of hydrogen-bond donors (Lipinski definition) is 3. The topological polar surface area (TPSA) is 102 Å². The molecule has 8 nitrogen and oxygen atoms in total. The third-order valence-electron chi connectivity index (χ3n) is 4.20. The Hall–Kier alpha value is -3.47. The van der Waals surface area contributed by atoms with Crippen LogP contribution >= 0.6 is 11.4 Å². The number of halogens is 2. The van der Waals surface area contributed by atoms with Gasteiger partial charge in [0.1, 0.15) is 11.6 Å². The molecule has 0 aliphatic heterocycles. The molecular weight excluding hydrogens is 418 g/mol. The van der Waals surface area contributed by atoms with Gasteiger partial charge in [-0.3, -0.25) is 4.79 Å². The van der Waals surface area contributed by atoms with E-state index in [1.165, 1.54) is 26.4 Å². The van der Waals surface area contributed by atoms with E-state index in [-0.39, 0.29) is 11.3 Å². The second-order valence-electron chi connectivity index (χ2n) is 6.05. The summed E-state index contributed by atoms with van der Waals surface area (Å²) in [6.07, 6.45) is 0. The van der Waals surface area contributed by atoms with Crippen LogP contribution in [0.2, 0.25) is 0 Å². The molecule has 4 aromatic rings. The van der Waals surface area contributed by atoms with Crippen LogP contribution in [0.5, 0.6) is 17.2 Å². The molecule has 0 fully saturated rings. The summed E-state index contributed by atoms with van der Waals surface area (Å²) in [5, 5.41) is 2.59. The van der Waals surface area contributed by atoms with Crippen LogP contribution in [0.25, 0.3) is 21.9 Å². The Morgan fingerprint density at radius 2 is 1.80 bits per heavy atom. The van der Waals surface area contributed by atoms with Crippen molar-refractivity contribution in [3.8, 4) is 17.2 Å². The fourth-order valence-corrected chi connectivity index (χ4v) is 3.60. The van der Waals surface area contributed by atoms with E-state index in [1.54, 1.807) is 23.6 Å². The van der Waals surface area contributed by atoms with Gasteiger partial charge in [-0.05, 0) is 18.2 Å². The van der Waals surface area contributed by atoms with Gasteiger partial charge in [-0.25, -0.2) is 9.97 Å². The molecule has 0 spiro atoms. The van der Waals surface area contributed by atoms with E-state index in [0.29, 0.717) is 55.8 Å². The van der Waals surface area contributed by atoms with Gasteiger partial charge in [0.05, 0.1) is 36.2 Å². The summed E-state index contributed by atoms with van der Waals surface area (Å²) in [4.78, 5) is 27.0. The van der Waals surface area contributed by atoms with Crippen LogP contribution in [0.1, 0.15) is 5.82 Å². The maximum absolute atomic E-state index is 12.4. The number of fused-ring (bicyclic) bond motifs is 2. The molecule has 0 unspecified atom stereocenters. The lowest BCUT2D eigenvalue weighted by Gasteiger charge is -2.08. The number of rotatable bonds is 6. The van der Waals surface area contributed by atoms with Gasteiger partial charge in [0.15, 0.2) is 16.7 Å². The van der Waals surface area contributed by atoms with Crippen LogP contribution in [0.15, 0.2) is 40.3 Å². The average Bonchev–Trinajstić information content (AvgIpc) is 3.13. The minimum Gasteiger partial charge on any atom is -0.493 e. The largest absolute Gasteiger partial charge is 0.493 e. The summed E-state index contributed by atoms with van der Waals surface area (Å²) < 4.78 is 39.6. The van der Waals surface area contributed by atoms with Crippen LogP contribution in [0.3, 0.4) is 0 Å². The van der Waals surface area contributed by atoms with Crippen LogP contribution in [0.4, 0.5) is 8.78 Å². The van der Waals surface area contributed by atoms with Crippen LogP contribution in [-0.4, -0.2) is 46.1 Å². The molecule has 2 N–H and O–H groups in total. The highest BCUT2D eigenvalue weighted by molar-refractivity contribution is 7.97. The zero-order chi connectivity index (χ0) is 21.3. The molecule has 30 heavy (non-hydrogen) atoms. The Kier molecular flexibility index (Phi) is 5.36. The molecule has 0 bridgehead atoms. The first-order valence-corrected chi connectivity index (χ1v) is 9.58. The highest BCUT2D eigenvalue weighted by Crippen LogP contribution is 2.30. The number of benzene rings is 2. The number of ether oxygens (including phenoxy) is 3. The van der Waals surface area contributed by atoms with Gasteiger partial charge in [-0.15, -0.1) is 11.4 Å². The fraction of sp³-hybridized carbons (Fsp3) is 0.158. The van der Waals surface area contributed by atoms with Crippen molar-refractivity contribution in [2.24, 2.45) is 0 Å². The average molecular weight is 434 g/mol. The van der Waals surface area contributed by atoms with Gasteiger partial charge < -0.3 is 24.2 Å². The number of alkyl halides is 2. The van der Waals surface area contributed by atoms with Crippen LogP contribution in [0, 0.1) is 0 Å². The maximum atomic E-state index is 12.4. The van der Waals surface area contributed by atoms with E-state index >= 15 is 0 Å². The molecule has 0 aliphatic rings. The van der Waals surface area contributed by atoms with Gasteiger partial charge in [-0.1, -0.05) is 0 Å². The van der Waals surface area contributed by atoms with Crippen LogP contribution < -0.4 is 19.8 Å². The fourth-order valence-electron chi connectivity index (χ4n) is 2.88. The van der Waals surface area contributed by atoms with E-state index in [2.05, 4.69) is 24.7 Å². The summed E-state index contributed by atoms with van der Waals surface area (Å²) in [5.41, 5.74) is 1.29. The minimum atomic E-state index is -2.90. The lowest BCUT2D eigenvalue weighted by molar-refractivity contribution is -0.0497. The number of aromatic nitrogens is 4. The Balaban J connectivity index is 1.67. The highest BCUT2D eigenvalue weighted by atomic mass is 32.1. The Morgan fingerprint density at radius 3 is 2.53 bits per heavy atom.